The van der Waals surface area contributed by atoms with Gasteiger partial charge in [-0.05, 0) is 49.3 Å². The number of sulfonamides is 1. The summed E-state index contributed by atoms with van der Waals surface area (Å²) in [5, 5.41) is 9.52. The molecule has 2 fully saturated rings. The molecule has 4 rings (SSSR count). The van der Waals surface area contributed by atoms with Crippen molar-refractivity contribution in [3.05, 3.63) is 30.1 Å². The Labute approximate surface area is 146 Å². The summed E-state index contributed by atoms with van der Waals surface area (Å²) < 4.78 is 26.9. The zero-order chi connectivity index (χ0) is 17.6. The number of nitrogens with zero attached hydrogens (tertiary/aromatic N) is 2. The second kappa shape index (κ2) is 6.10. The van der Waals surface area contributed by atoms with E-state index in [2.05, 4.69) is 9.97 Å². The van der Waals surface area contributed by atoms with Gasteiger partial charge in [0, 0.05) is 30.9 Å². The molecule has 2 aromatic heterocycles. The van der Waals surface area contributed by atoms with Gasteiger partial charge in [0.2, 0.25) is 10.0 Å². The number of aromatic nitrogens is 2. The van der Waals surface area contributed by atoms with Gasteiger partial charge < -0.3 is 10.1 Å². The number of pyridine rings is 1. The van der Waals surface area contributed by atoms with Crippen LogP contribution in [-0.2, 0) is 14.8 Å². The molecule has 0 amide bonds. The molecule has 0 radical (unpaired) electrons. The smallest absolute Gasteiger partial charge is 0.306 e. The first-order valence-electron chi connectivity index (χ1n) is 8.60. The van der Waals surface area contributed by atoms with E-state index in [0.29, 0.717) is 19.0 Å². The Morgan fingerprint density at radius 3 is 2.68 bits per heavy atom. The first-order chi connectivity index (χ1) is 12.0. The molecule has 1 saturated carbocycles. The van der Waals surface area contributed by atoms with E-state index in [1.54, 1.807) is 10.5 Å². The summed E-state index contributed by atoms with van der Waals surface area (Å²) in [6, 6.07) is 3.95. The van der Waals surface area contributed by atoms with Gasteiger partial charge in [0.15, 0.2) is 0 Å². The summed E-state index contributed by atoms with van der Waals surface area (Å²) in [4.78, 5) is 18.4. The predicted octanol–water partition coefficient (Wildman–Crippen LogP) is 1.94. The Morgan fingerprint density at radius 1 is 1.28 bits per heavy atom. The van der Waals surface area contributed by atoms with E-state index in [4.69, 9.17) is 5.11 Å². The number of hydrogen-bond acceptors (Lipinski definition) is 4. The number of aromatic amines is 1. The van der Waals surface area contributed by atoms with Crippen molar-refractivity contribution in [1.82, 2.24) is 14.3 Å². The number of piperidine rings is 1. The Balaban J connectivity index is 1.42. The molecule has 1 aliphatic heterocycles. The number of nitrogens with one attached hydrogen (secondary N) is 1. The van der Waals surface area contributed by atoms with Crippen LogP contribution in [0.4, 0.5) is 0 Å². The van der Waals surface area contributed by atoms with Crippen molar-refractivity contribution >= 4 is 27.0 Å². The standard InChI is InChI=1S/C17H21N3O4S/c21-17(22)12-8-13(9-12)25(23,24)20-6-3-11(4-7-20)15-10-19-16-14(15)2-1-5-18-16/h1-2,5,10-13H,3-4,6-9H2,(H,18,19)(H,21,22). The average Bonchev–Trinajstić information content (AvgIpc) is 2.97. The molecule has 0 spiro atoms. The maximum Gasteiger partial charge on any atom is 0.306 e. The highest BCUT2D eigenvalue weighted by Crippen LogP contribution is 2.38. The van der Waals surface area contributed by atoms with Crippen LogP contribution in [0.15, 0.2) is 24.5 Å². The highest BCUT2D eigenvalue weighted by molar-refractivity contribution is 7.89. The summed E-state index contributed by atoms with van der Waals surface area (Å²) in [5.74, 6) is -1.08. The second-order valence-corrected chi connectivity index (χ2v) is 9.20. The fraction of sp³-hybridized carbons (Fsp3) is 0.529. The number of H-pyrrole nitrogens is 1. The third-order valence-electron chi connectivity index (χ3n) is 5.60. The van der Waals surface area contributed by atoms with Crippen LogP contribution < -0.4 is 0 Å². The average molecular weight is 363 g/mol. The molecule has 3 heterocycles. The van der Waals surface area contributed by atoms with Crippen LogP contribution in [0, 0.1) is 5.92 Å². The van der Waals surface area contributed by atoms with Crippen LogP contribution in [0.1, 0.15) is 37.2 Å². The van der Waals surface area contributed by atoms with Gasteiger partial charge in [0.25, 0.3) is 0 Å². The summed E-state index contributed by atoms with van der Waals surface area (Å²) in [5.41, 5.74) is 2.07. The van der Waals surface area contributed by atoms with Crippen LogP contribution in [0.5, 0.6) is 0 Å². The molecule has 2 aliphatic rings. The van der Waals surface area contributed by atoms with Gasteiger partial charge >= 0.3 is 5.97 Å². The molecule has 2 N–H and O–H groups in total. The largest absolute Gasteiger partial charge is 0.481 e. The van der Waals surface area contributed by atoms with Crippen molar-refractivity contribution in [2.24, 2.45) is 5.92 Å². The fourth-order valence-electron chi connectivity index (χ4n) is 3.96. The van der Waals surface area contributed by atoms with Crippen LogP contribution >= 0.6 is 0 Å². The Kier molecular flexibility index (Phi) is 4.04. The van der Waals surface area contributed by atoms with Gasteiger partial charge in [-0.25, -0.2) is 17.7 Å². The molecule has 0 unspecified atom stereocenters. The van der Waals surface area contributed by atoms with E-state index in [1.807, 2.05) is 18.3 Å². The summed E-state index contributed by atoms with van der Waals surface area (Å²) in [6.07, 6.45) is 5.76. The van der Waals surface area contributed by atoms with Crippen LogP contribution in [0.3, 0.4) is 0 Å². The molecule has 134 valence electrons. The predicted molar refractivity (Wildman–Crippen MR) is 92.7 cm³/mol. The highest BCUT2D eigenvalue weighted by atomic mass is 32.2. The lowest BCUT2D eigenvalue weighted by atomic mass is 9.85. The summed E-state index contributed by atoms with van der Waals surface area (Å²) in [7, 11) is -3.38. The molecule has 0 aromatic carbocycles. The van der Waals surface area contributed by atoms with Gasteiger partial charge in [0.05, 0.1) is 11.2 Å². The van der Waals surface area contributed by atoms with E-state index in [9.17, 15) is 13.2 Å². The fourth-order valence-corrected chi connectivity index (χ4v) is 6.05. The van der Waals surface area contributed by atoms with Crippen LogP contribution in [-0.4, -0.2) is 52.1 Å². The quantitative estimate of drug-likeness (QED) is 0.864. The normalized spacial score (nSPS) is 25.8. The van der Waals surface area contributed by atoms with Gasteiger partial charge in [-0.2, -0.15) is 0 Å². The number of fused-ring (bicyclic) bond motifs is 1. The zero-order valence-electron chi connectivity index (χ0n) is 13.8. The van der Waals surface area contributed by atoms with Gasteiger partial charge in [0.1, 0.15) is 5.65 Å². The topological polar surface area (TPSA) is 103 Å². The molecule has 2 aromatic rings. The number of hydrogen-bond donors (Lipinski definition) is 2. The minimum absolute atomic E-state index is 0.242. The van der Waals surface area contributed by atoms with E-state index < -0.39 is 27.2 Å². The van der Waals surface area contributed by atoms with E-state index in [-0.39, 0.29) is 12.8 Å². The summed E-state index contributed by atoms with van der Waals surface area (Å²) in [6.45, 7) is 0.988. The molecule has 7 nitrogen and oxygen atoms in total. The number of carboxylic acids is 1. The molecule has 1 saturated heterocycles. The van der Waals surface area contributed by atoms with Crippen molar-refractivity contribution in [3.8, 4) is 0 Å². The van der Waals surface area contributed by atoms with Crippen LogP contribution in [0.2, 0.25) is 0 Å². The van der Waals surface area contributed by atoms with E-state index in [1.165, 1.54) is 5.56 Å². The zero-order valence-corrected chi connectivity index (χ0v) is 14.6. The van der Waals surface area contributed by atoms with Gasteiger partial charge in [-0.1, -0.05) is 0 Å². The lowest BCUT2D eigenvalue weighted by Crippen LogP contribution is -2.49. The molecule has 25 heavy (non-hydrogen) atoms. The number of rotatable bonds is 4. The van der Waals surface area contributed by atoms with Crippen molar-refractivity contribution in [2.75, 3.05) is 13.1 Å². The van der Waals surface area contributed by atoms with E-state index >= 15 is 0 Å². The second-order valence-electron chi connectivity index (χ2n) is 6.99. The van der Waals surface area contributed by atoms with Crippen LogP contribution in [0.25, 0.3) is 11.0 Å². The third kappa shape index (κ3) is 2.83. The molecule has 0 atom stereocenters. The molecular weight excluding hydrogens is 342 g/mol. The SMILES string of the molecule is O=C(O)C1CC(S(=O)(=O)N2CCC(c3c[nH]c4ncccc34)CC2)C1. The molecule has 0 bridgehead atoms. The van der Waals surface area contributed by atoms with Crippen molar-refractivity contribution in [3.63, 3.8) is 0 Å². The lowest BCUT2D eigenvalue weighted by molar-refractivity contribution is -0.144. The minimum Gasteiger partial charge on any atom is -0.481 e. The van der Waals surface area contributed by atoms with Crippen molar-refractivity contribution < 1.29 is 18.3 Å². The van der Waals surface area contributed by atoms with Gasteiger partial charge in [-0.15, -0.1) is 0 Å². The highest BCUT2D eigenvalue weighted by Gasteiger charge is 2.45. The first kappa shape index (κ1) is 16.5. The van der Waals surface area contributed by atoms with Crippen molar-refractivity contribution in [2.45, 2.75) is 36.9 Å². The third-order valence-corrected chi connectivity index (χ3v) is 7.91. The minimum atomic E-state index is -3.38. The first-order valence-corrected chi connectivity index (χ1v) is 10.1. The molecule has 1 aliphatic carbocycles. The summed E-state index contributed by atoms with van der Waals surface area (Å²) >= 11 is 0. The maximum absolute atomic E-state index is 12.7. The molecular formula is C17H21N3O4S. The van der Waals surface area contributed by atoms with E-state index in [0.717, 1.165) is 23.9 Å². The maximum atomic E-state index is 12.7. The van der Waals surface area contributed by atoms with Crippen molar-refractivity contribution in [1.29, 1.82) is 0 Å². The van der Waals surface area contributed by atoms with Gasteiger partial charge in [-0.3, -0.25) is 4.79 Å². The number of carbonyl (C=O) groups is 1. The molecule has 8 heteroatoms. The lowest BCUT2D eigenvalue weighted by Gasteiger charge is -2.38. The number of aliphatic carboxylic acids is 1. The number of carboxylic acid groups (broad SMARTS) is 1. The Bertz CT molecular complexity index is 894. The Morgan fingerprint density at radius 2 is 2.00 bits per heavy atom. The monoisotopic (exact) mass is 363 g/mol. The Hall–Kier alpha value is -1.93.